The van der Waals surface area contributed by atoms with Crippen molar-refractivity contribution in [3.63, 3.8) is 0 Å². The maximum absolute atomic E-state index is 12.0. The number of aromatic hydroxyl groups is 1. The molecule has 0 unspecified atom stereocenters. The highest BCUT2D eigenvalue weighted by molar-refractivity contribution is 5.97. The van der Waals surface area contributed by atoms with E-state index in [1.807, 2.05) is 0 Å². The van der Waals surface area contributed by atoms with Crippen molar-refractivity contribution >= 4 is 18.0 Å². The van der Waals surface area contributed by atoms with Gasteiger partial charge < -0.3 is 15.2 Å². The van der Waals surface area contributed by atoms with E-state index in [1.54, 1.807) is 49.4 Å². The number of nitrogens with one attached hydrogen (secondary N) is 2. The summed E-state index contributed by atoms with van der Waals surface area (Å²) < 4.78 is 4.99. The predicted molar refractivity (Wildman–Crippen MR) is 93.8 cm³/mol. The van der Waals surface area contributed by atoms with E-state index in [0.29, 0.717) is 16.9 Å². The molecule has 0 radical (unpaired) electrons. The summed E-state index contributed by atoms with van der Waals surface area (Å²) in [5, 5.41) is 15.9. The van der Waals surface area contributed by atoms with Crippen LogP contribution < -0.4 is 15.5 Å². The van der Waals surface area contributed by atoms with Gasteiger partial charge in [0.05, 0.1) is 13.3 Å². The van der Waals surface area contributed by atoms with Crippen molar-refractivity contribution in [1.29, 1.82) is 0 Å². The molecule has 0 saturated carbocycles. The lowest BCUT2D eigenvalue weighted by atomic mass is 10.2. The molecule has 0 aliphatic rings. The van der Waals surface area contributed by atoms with Gasteiger partial charge in [0.25, 0.3) is 11.8 Å². The lowest BCUT2D eigenvalue weighted by molar-refractivity contribution is -0.122. The maximum Gasteiger partial charge on any atom is 0.262 e. The summed E-state index contributed by atoms with van der Waals surface area (Å²) in [6, 6.07) is 12.5. The second-order valence-electron chi connectivity index (χ2n) is 5.23. The van der Waals surface area contributed by atoms with Crippen molar-refractivity contribution in [2.75, 3.05) is 7.11 Å². The van der Waals surface area contributed by atoms with Crippen LogP contribution in [0.25, 0.3) is 0 Å². The number of hydrogen-bond acceptors (Lipinski definition) is 5. The molecule has 25 heavy (non-hydrogen) atoms. The third-order valence-corrected chi connectivity index (χ3v) is 3.37. The molecule has 130 valence electrons. The Morgan fingerprint density at radius 1 is 1.20 bits per heavy atom. The molecular weight excluding hydrogens is 322 g/mol. The van der Waals surface area contributed by atoms with Gasteiger partial charge in [-0.25, -0.2) is 5.43 Å². The Bertz CT molecular complexity index is 775. The van der Waals surface area contributed by atoms with Gasteiger partial charge in [-0.2, -0.15) is 5.10 Å². The average Bonchev–Trinajstić information content (AvgIpc) is 2.63. The minimum absolute atomic E-state index is 0.0148. The van der Waals surface area contributed by atoms with Crippen LogP contribution in [-0.4, -0.2) is 36.3 Å². The fourth-order valence-electron chi connectivity index (χ4n) is 1.98. The molecule has 0 fully saturated rings. The van der Waals surface area contributed by atoms with E-state index in [2.05, 4.69) is 15.8 Å². The molecule has 3 N–H and O–H groups in total. The highest BCUT2D eigenvalue weighted by Gasteiger charge is 2.15. The fourth-order valence-corrected chi connectivity index (χ4v) is 1.98. The van der Waals surface area contributed by atoms with Crippen LogP contribution in [0.3, 0.4) is 0 Å². The summed E-state index contributed by atoms with van der Waals surface area (Å²) in [6.45, 7) is 1.56. The molecule has 0 aromatic heterocycles. The zero-order valence-electron chi connectivity index (χ0n) is 13.9. The highest BCUT2D eigenvalue weighted by Crippen LogP contribution is 2.25. The molecule has 1 atom stereocenters. The third kappa shape index (κ3) is 5.07. The molecule has 2 aromatic carbocycles. The summed E-state index contributed by atoms with van der Waals surface area (Å²) in [6.07, 6.45) is 1.41. The lowest BCUT2D eigenvalue weighted by Crippen LogP contribution is -2.43. The van der Waals surface area contributed by atoms with Crippen molar-refractivity contribution < 1.29 is 19.4 Å². The fraction of sp³-hybridized carbons (Fsp3) is 0.167. The van der Waals surface area contributed by atoms with Crippen LogP contribution in [0.1, 0.15) is 22.8 Å². The number of carbonyl (C=O) groups excluding carboxylic acids is 2. The van der Waals surface area contributed by atoms with Crippen molar-refractivity contribution in [2.45, 2.75) is 13.0 Å². The van der Waals surface area contributed by atoms with E-state index in [1.165, 1.54) is 19.4 Å². The summed E-state index contributed by atoms with van der Waals surface area (Å²) in [5.41, 5.74) is 3.46. The molecule has 7 heteroatoms. The smallest absolute Gasteiger partial charge is 0.262 e. The van der Waals surface area contributed by atoms with Crippen LogP contribution in [0.5, 0.6) is 11.5 Å². The SMILES string of the molecule is COc1cc(/C=N\NC(=O)[C@@H](C)NC(=O)c2ccccc2)ccc1O. The number of hydrazone groups is 1. The number of rotatable bonds is 6. The molecule has 2 amide bonds. The Hall–Kier alpha value is -3.35. The van der Waals surface area contributed by atoms with E-state index in [4.69, 9.17) is 4.74 Å². The first-order chi connectivity index (χ1) is 12.0. The second kappa shape index (κ2) is 8.49. The van der Waals surface area contributed by atoms with Crippen LogP contribution >= 0.6 is 0 Å². The summed E-state index contributed by atoms with van der Waals surface area (Å²) in [4.78, 5) is 24.0. The first-order valence-electron chi connectivity index (χ1n) is 7.57. The second-order valence-corrected chi connectivity index (χ2v) is 5.23. The van der Waals surface area contributed by atoms with Crippen LogP contribution in [0.15, 0.2) is 53.6 Å². The van der Waals surface area contributed by atoms with Gasteiger partial charge in [-0.05, 0) is 42.8 Å². The minimum Gasteiger partial charge on any atom is -0.504 e. The third-order valence-electron chi connectivity index (χ3n) is 3.37. The first-order valence-corrected chi connectivity index (χ1v) is 7.57. The van der Waals surface area contributed by atoms with Gasteiger partial charge in [-0.3, -0.25) is 9.59 Å². The molecule has 7 nitrogen and oxygen atoms in total. The summed E-state index contributed by atoms with van der Waals surface area (Å²) in [5.74, 6) is -0.471. The molecule has 0 saturated heterocycles. The zero-order chi connectivity index (χ0) is 18.2. The number of phenols is 1. The maximum atomic E-state index is 12.0. The van der Waals surface area contributed by atoms with Gasteiger partial charge in [-0.1, -0.05) is 18.2 Å². The highest BCUT2D eigenvalue weighted by atomic mass is 16.5. The summed E-state index contributed by atoms with van der Waals surface area (Å²) in [7, 11) is 1.44. The largest absolute Gasteiger partial charge is 0.504 e. The van der Waals surface area contributed by atoms with Gasteiger partial charge in [0.1, 0.15) is 6.04 Å². The zero-order valence-corrected chi connectivity index (χ0v) is 13.9. The van der Waals surface area contributed by atoms with Crippen molar-refractivity contribution in [1.82, 2.24) is 10.7 Å². The number of nitrogens with zero attached hydrogens (tertiary/aromatic N) is 1. The van der Waals surface area contributed by atoms with Gasteiger partial charge in [0.2, 0.25) is 0 Å². The van der Waals surface area contributed by atoms with E-state index in [0.717, 1.165) is 0 Å². The lowest BCUT2D eigenvalue weighted by Gasteiger charge is -2.12. The van der Waals surface area contributed by atoms with Gasteiger partial charge in [0.15, 0.2) is 11.5 Å². The number of methoxy groups -OCH3 is 1. The standard InChI is InChI=1S/C18H19N3O4/c1-12(20-18(24)14-6-4-3-5-7-14)17(23)21-19-11-13-8-9-15(22)16(10-13)25-2/h3-12,22H,1-2H3,(H,20,24)(H,21,23)/b19-11-/t12-/m1/s1. The Morgan fingerprint density at radius 2 is 1.92 bits per heavy atom. The molecule has 0 aliphatic heterocycles. The molecule has 0 heterocycles. The van der Waals surface area contributed by atoms with Crippen molar-refractivity contribution in [2.24, 2.45) is 5.10 Å². The van der Waals surface area contributed by atoms with Crippen LogP contribution in [0.2, 0.25) is 0 Å². The Balaban J connectivity index is 1.90. The monoisotopic (exact) mass is 341 g/mol. The Morgan fingerprint density at radius 3 is 2.60 bits per heavy atom. The predicted octanol–water partition coefficient (Wildman–Crippen LogP) is 1.67. The number of ether oxygens (including phenoxy) is 1. The van der Waals surface area contributed by atoms with Crippen LogP contribution in [-0.2, 0) is 4.79 Å². The number of amides is 2. The van der Waals surface area contributed by atoms with Crippen molar-refractivity contribution in [3.8, 4) is 11.5 Å². The molecule has 0 bridgehead atoms. The Labute approximate surface area is 145 Å². The van der Waals surface area contributed by atoms with Crippen LogP contribution in [0, 0.1) is 0 Å². The van der Waals surface area contributed by atoms with Crippen molar-refractivity contribution in [3.05, 3.63) is 59.7 Å². The van der Waals surface area contributed by atoms with Crippen LogP contribution in [0.4, 0.5) is 0 Å². The van der Waals surface area contributed by atoms with E-state index in [-0.39, 0.29) is 11.7 Å². The number of hydrogen-bond donors (Lipinski definition) is 3. The normalized spacial score (nSPS) is 11.8. The molecule has 2 rings (SSSR count). The number of phenolic OH excluding ortho intramolecular Hbond substituents is 1. The van der Waals surface area contributed by atoms with Gasteiger partial charge >= 0.3 is 0 Å². The van der Waals surface area contributed by atoms with Gasteiger partial charge in [-0.15, -0.1) is 0 Å². The van der Waals surface area contributed by atoms with Gasteiger partial charge in [0, 0.05) is 5.56 Å². The summed E-state index contributed by atoms with van der Waals surface area (Å²) >= 11 is 0. The molecular formula is C18H19N3O4. The van der Waals surface area contributed by atoms with E-state index in [9.17, 15) is 14.7 Å². The average molecular weight is 341 g/mol. The van der Waals surface area contributed by atoms with E-state index < -0.39 is 11.9 Å². The number of benzene rings is 2. The molecule has 0 aliphatic carbocycles. The topological polar surface area (TPSA) is 100 Å². The molecule has 2 aromatic rings. The minimum atomic E-state index is -0.751. The van der Waals surface area contributed by atoms with E-state index >= 15 is 0 Å². The quantitative estimate of drug-likeness (QED) is 0.550. The molecule has 0 spiro atoms. The number of carbonyl (C=O) groups is 2. The first kappa shape index (κ1) is 18.0. The Kier molecular flexibility index (Phi) is 6.11.